The number of carbonyl (C=O) groups excluding carboxylic acids is 2. The molecule has 0 spiro atoms. The third-order valence-electron chi connectivity index (χ3n) is 1.36. The van der Waals surface area contributed by atoms with E-state index in [1.165, 1.54) is 19.1 Å². The SMILES string of the molecule is CCOC(C)=O.O=C([O-])c1ccccc1.[Na+]. The van der Waals surface area contributed by atoms with Crippen LogP contribution in [0.3, 0.4) is 0 Å². The fourth-order valence-corrected chi connectivity index (χ4v) is 0.777. The van der Waals surface area contributed by atoms with E-state index in [0.29, 0.717) is 6.61 Å². The molecule has 4 nitrogen and oxygen atoms in total. The van der Waals surface area contributed by atoms with Crippen LogP contribution in [0.15, 0.2) is 30.3 Å². The minimum Gasteiger partial charge on any atom is -0.545 e. The second-order valence-electron chi connectivity index (χ2n) is 2.58. The van der Waals surface area contributed by atoms with Gasteiger partial charge >= 0.3 is 35.5 Å². The van der Waals surface area contributed by atoms with Gasteiger partial charge in [0.1, 0.15) is 0 Å². The van der Waals surface area contributed by atoms with Crippen molar-refractivity contribution in [1.29, 1.82) is 0 Å². The topological polar surface area (TPSA) is 66.4 Å². The molecule has 5 heteroatoms. The smallest absolute Gasteiger partial charge is 0.545 e. The molecule has 1 aromatic rings. The molecular formula is C11H13NaO4. The van der Waals surface area contributed by atoms with Gasteiger partial charge in [-0.1, -0.05) is 30.3 Å². The van der Waals surface area contributed by atoms with Gasteiger partial charge in [-0.05, 0) is 12.5 Å². The van der Waals surface area contributed by atoms with Crippen molar-refractivity contribution in [3.8, 4) is 0 Å². The summed E-state index contributed by atoms with van der Waals surface area (Å²) in [6, 6.07) is 8.06. The Morgan fingerprint density at radius 1 is 1.25 bits per heavy atom. The third kappa shape index (κ3) is 9.71. The maximum atomic E-state index is 10.1. The van der Waals surface area contributed by atoms with E-state index in [4.69, 9.17) is 0 Å². The van der Waals surface area contributed by atoms with Crippen molar-refractivity contribution in [2.75, 3.05) is 6.61 Å². The summed E-state index contributed by atoms with van der Waals surface area (Å²) >= 11 is 0. The Morgan fingerprint density at radius 2 is 1.75 bits per heavy atom. The zero-order chi connectivity index (χ0) is 11.7. The number of esters is 1. The molecule has 1 rings (SSSR count). The molecular weight excluding hydrogens is 219 g/mol. The second kappa shape index (κ2) is 10.7. The summed E-state index contributed by atoms with van der Waals surface area (Å²) in [5.74, 6) is -1.34. The summed E-state index contributed by atoms with van der Waals surface area (Å²) in [6.07, 6.45) is 0. The fourth-order valence-electron chi connectivity index (χ4n) is 0.777. The van der Waals surface area contributed by atoms with Crippen molar-refractivity contribution < 1.29 is 49.0 Å². The molecule has 0 N–H and O–H groups in total. The average Bonchev–Trinajstić information content (AvgIpc) is 2.20. The van der Waals surface area contributed by atoms with Crippen LogP contribution >= 0.6 is 0 Å². The third-order valence-corrected chi connectivity index (χ3v) is 1.36. The zero-order valence-electron chi connectivity index (χ0n) is 9.73. The van der Waals surface area contributed by atoms with Crippen molar-refractivity contribution in [2.24, 2.45) is 0 Å². The number of hydrogen-bond donors (Lipinski definition) is 0. The molecule has 0 heterocycles. The summed E-state index contributed by atoms with van der Waals surface area (Å²) in [5.41, 5.74) is 0.220. The largest absolute Gasteiger partial charge is 1.00 e. The van der Waals surface area contributed by atoms with Crippen LogP contribution in [0.1, 0.15) is 24.2 Å². The molecule has 0 bridgehead atoms. The Balaban J connectivity index is 0. The van der Waals surface area contributed by atoms with Gasteiger partial charge in [0.15, 0.2) is 0 Å². The van der Waals surface area contributed by atoms with Crippen molar-refractivity contribution in [2.45, 2.75) is 13.8 Å². The van der Waals surface area contributed by atoms with Crippen LogP contribution in [-0.2, 0) is 9.53 Å². The van der Waals surface area contributed by atoms with Crippen LogP contribution in [0, 0.1) is 0 Å². The Bertz CT molecular complexity index is 311. The van der Waals surface area contributed by atoms with Crippen molar-refractivity contribution in [3.05, 3.63) is 35.9 Å². The molecule has 82 valence electrons. The first-order valence-electron chi connectivity index (χ1n) is 4.47. The molecule has 1 aromatic carbocycles. The van der Waals surface area contributed by atoms with E-state index in [9.17, 15) is 14.7 Å². The van der Waals surface area contributed by atoms with E-state index < -0.39 is 5.97 Å². The number of rotatable bonds is 2. The number of carbonyl (C=O) groups is 2. The molecule has 0 aliphatic rings. The normalized spacial score (nSPS) is 7.88. The van der Waals surface area contributed by atoms with Gasteiger partial charge in [0.05, 0.1) is 12.6 Å². The first-order valence-corrected chi connectivity index (χ1v) is 4.47. The van der Waals surface area contributed by atoms with Crippen LogP contribution in [0.25, 0.3) is 0 Å². The molecule has 0 unspecified atom stereocenters. The minimum absolute atomic E-state index is 0. The van der Waals surface area contributed by atoms with E-state index in [0.717, 1.165) is 0 Å². The van der Waals surface area contributed by atoms with E-state index in [2.05, 4.69) is 4.74 Å². The van der Waals surface area contributed by atoms with Gasteiger partial charge in [-0.2, -0.15) is 0 Å². The van der Waals surface area contributed by atoms with E-state index in [1.807, 2.05) is 0 Å². The van der Waals surface area contributed by atoms with Crippen molar-refractivity contribution >= 4 is 11.9 Å². The molecule has 16 heavy (non-hydrogen) atoms. The number of hydrogen-bond acceptors (Lipinski definition) is 4. The Kier molecular flexibility index (Phi) is 11.7. The molecule has 0 saturated carbocycles. The summed E-state index contributed by atoms with van der Waals surface area (Å²) in [4.78, 5) is 19.9. The fraction of sp³-hybridized carbons (Fsp3) is 0.273. The van der Waals surface area contributed by atoms with Crippen molar-refractivity contribution in [3.63, 3.8) is 0 Å². The van der Waals surface area contributed by atoms with Crippen LogP contribution in [-0.4, -0.2) is 18.5 Å². The monoisotopic (exact) mass is 232 g/mol. The van der Waals surface area contributed by atoms with E-state index >= 15 is 0 Å². The van der Waals surface area contributed by atoms with Crippen molar-refractivity contribution in [1.82, 2.24) is 0 Å². The van der Waals surface area contributed by atoms with E-state index in [-0.39, 0.29) is 41.1 Å². The van der Waals surface area contributed by atoms with Gasteiger partial charge < -0.3 is 14.6 Å². The maximum absolute atomic E-state index is 10.1. The van der Waals surface area contributed by atoms with Crippen LogP contribution in [0.4, 0.5) is 0 Å². The summed E-state index contributed by atoms with van der Waals surface area (Å²) in [5, 5.41) is 10.1. The van der Waals surface area contributed by atoms with Gasteiger partial charge in [0.25, 0.3) is 0 Å². The van der Waals surface area contributed by atoms with Gasteiger partial charge in [0.2, 0.25) is 0 Å². The minimum atomic E-state index is -1.13. The summed E-state index contributed by atoms with van der Waals surface area (Å²) < 4.78 is 4.40. The van der Waals surface area contributed by atoms with Gasteiger partial charge in [-0.15, -0.1) is 0 Å². The number of benzene rings is 1. The number of aromatic carboxylic acids is 1. The summed E-state index contributed by atoms with van der Waals surface area (Å²) in [6.45, 7) is 3.65. The second-order valence-corrected chi connectivity index (χ2v) is 2.58. The first-order chi connectivity index (χ1) is 7.07. The van der Waals surface area contributed by atoms with Crippen LogP contribution < -0.4 is 34.7 Å². The first kappa shape index (κ1) is 17.6. The molecule has 0 aliphatic carbocycles. The molecule has 0 amide bonds. The molecule has 0 radical (unpaired) electrons. The Morgan fingerprint density at radius 3 is 1.94 bits per heavy atom. The van der Waals surface area contributed by atoms with Gasteiger partial charge in [-0.3, -0.25) is 4.79 Å². The number of carboxylic acids is 1. The Hall–Kier alpha value is -0.840. The van der Waals surface area contributed by atoms with Gasteiger partial charge in [-0.25, -0.2) is 0 Å². The van der Waals surface area contributed by atoms with Gasteiger partial charge in [0, 0.05) is 6.92 Å². The molecule has 0 atom stereocenters. The quantitative estimate of drug-likeness (QED) is 0.422. The van der Waals surface area contributed by atoms with Crippen LogP contribution in [0.2, 0.25) is 0 Å². The zero-order valence-corrected chi connectivity index (χ0v) is 11.7. The Labute approximate surface area is 117 Å². The van der Waals surface area contributed by atoms with Crippen LogP contribution in [0.5, 0.6) is 0 Å². The number of carboxylic acid groups (broad SMARTS) is 1. The predicted octanol–water partition coefficient (Wildman–Crippen LogP) is -2.38. The molecule has 0 saturated heterocycles. The standard InChI is InChI=1S/C7H6O2.C4H8O2.Na/c8-7(9)6-4-2-1-3-5-6;1-3-6-4(2)5;/h1-5H,(H,8,9);3H2,1-2H3;/q;;+1/p-1. The average molecular weight is 232 g/mol. The number of ether oxygens (including phenoxy) is 1. The molecule has 0 aliphatic heterocycles. The predicted molar refractivity (Wildman–Crippen MR) is 53.1 cm³/mol. The summed E-state index contributed by atoms with van der Waals surface area (Å²) in [7, 11) is 0. The molecule has 0 fully saturated rings. The molecule has 0 aromatic heterocycles. The van der Waals surface area contributed by atoms with E-state index in [1.54, 1.807) is 25.1 Å². The maximum Gasteiger partial charge on any atom is 1.00 e.